The monoisotopic (exact) mass is 495 g/mol. The van der Waals surface area contributed by atoms with Crippen molar-refractivity contribution in [2.75, 3.05) is 0 Å². The lowest BCUT2D eigenvalue weighted by Gasteiger charge is -2.23. The maximum atomic E-state index is 2.57. The molecular formula is C38H25N. The predicted molar refractivity (Wildman–Crippen MR) is 165 cm³/mol. The second-order valence-corrected chi connectivity index (χ2v) is 10.9. The molecule has 39 heavy (non-hydrogen) atoms. The summed E-state index contributed by atoms with van der Waals surface area (Å²) in [5.74, 6) is 0.358. The average molecular weight is 496 g/mol. The SMILES string of the molecule is C1=C2C(Cc3ccccc31)c1cc(-c3ccccc3-c3ccccc3)cc3c4cc5ccccc5cc4n2c13. The number of rotatable bonds is 2. The van der Waals surface area contributed by atoms with E-state index in [4.69, 9.17) is 0 Å². The predicted octanol–water partition coefficient (Wildman–Crippen LogP) is 9.93. The molecule has 1 unspecified atom stereocenters. The fourth-order valence-corrected chi connectivity index (χ4v) is 7.09. The van der Waals surface area contributed by atoms with Gasteiger partial charge in [0.15, 0.2) is 0 Å². The van der Waals surface area contributed by atoms with Crippen molar-refractivity contribution >= 4 is 44.4 Å². The van der Waals surface area contributed by atoms with E-state index in [1.807, 2.05) is 0 Å². The summed E-state index contributed by atoms with van der Waals surface area (Å²) >= 11 is 0. The zero-order chi connectivity index (χ0) is 25.5. The molecule has 1 atom stereocenters. The second-order valence-electron chi connectivity index (χ2n) is 10.9. The third kappa shape index (κ3) is 2.96. The largest absolute Gasteiger partial charge is 0.312 e. The van der Waals surface area contributed by atoms with E-state index < -0.39 is 0 Å². The Morgan fingerprint density at radius 3 is 2.10 bits per heavy atom. The summed E-state index contributed by atoms with van der Waals surface area (Å²) in [5, 5.41) is 5.27. The molecule has 2 aliphatic rings. The number of benzene rings is 6. The van der Waals surface area contributed by atoms with Gasteiger partial charge in [0.05, 0.1) is 11.0 Å². The number of hydrogen-bond acceptors (Lipinski definition) is 0. The Balaban J connectivity index is 1.39. The highest BCUT2D eigenvalue weighted by atomic mass is 15.0. The van der Waals surface area contributed by atoms with Crippen molar-refractivity contribution in [3.63, 3.8) is 0 Å². The van der Waals surface area contributed by atoms with Crippen LogP contribution in [0.25, 0.3) is 66.6 Å². The third-order valence-electron chi connectivity index (χ3n) is 8.85. The molecule has 6 aromatic carbocycles. The van der Waals surface area contributed by atoms with E-state index in [1.54, 1.807) is 0 Å². The van der Waals surface area contributed by atoms with E-state index in [2.05, 4.69) is 138 Å². The molecule has 9 rings (SSSR count). The molecule has 0 bridgehead atoms. The van der Waals surface area contributed by atoms with Gasteiger partial charge in [-0.15, -0.1) is 0 Å². The van der Waals surface area contributed by atoms with Gasteiger partial charge in [0.1, 0.15) is 0 Å². The van der Waals surface area contributed by atoms with Gasteiger partial charge in [-0.3, -0.25) is 0 Å². The van der Waals surface area contributed by atoms with Gasteiger partial charge in [-0.25, -0.2) is 0 Å². The molecule has 0 saturated heterocycles. The van der Waals surface area contributed by atoms with Gasteiger partial charge in [-0.05, 0) is 86.5 Å². The van der Waals surface area contributed by atoms with Crippen LogP contribution in [0.5, 0.6) is 0 Å². The summed E-state index contributed by atoms with van der Waals surface area (Å²) in [6.45, 7) is 0. The van der Waals surface area contributed by atoms with Gasteiger partial charge in [0.2, 0.25) is 0 Å². The molecule has 1 heteroatoms. The Labute approximate surface area is 227 Å². The van der Waals surface area contributed by atoms with E-state index in [1.165, 1.54) is 77.2 Å². The lowest BCUT2D eigenvalue weighted by molar-refractivity contribution is 0.846. The van der Waals surface area contributed by atoms with Gasteiger partial charge in [0.25, 0.3) is 0 Å². The van der Waals surface area contributed by atoms with Crippen LogP contribution >= 0.6 is 0 Å². The summed E-state index contributed by atoms with van der Waals surface area (Å²) in [6.07, 6.45) is 3.48. The van der Waals surface area contributed by atoms with Crippen molar-refractivity contribution < 1.29 is 0 Å². The van der Waals surface area contributed by atoms with E-state index in [0.717, 1.165) is 6.42 Å². The highest BCUT2D eigenvalue weighted by molar-refractivity contribution is 6.19. The molecular weight excluding hydrogens is 470 g/mol. The number of nitrogens with zero attached hydrogens (tertiary/aromatic N) is 1. The van der Waals surface area contributed by atoms with Crippen LogP contribution in [0.2, 0.25) is 0 Å². The van der Waals surface area contributed by atoms with Crippen molar-refractivity contribution in [1.82, 2.24) is 4.57 Å². The topological polar surface area (TPSA) is 4.93 Å². The lowest BCUT2D eigenvalue weighted by Crippen LogP contribution is -2.09. The number of hydrogen-bond donors (Lipinski definition) is 0. The highest BCUT2D eigenvalue weighted by Gasteiger charge is 2.35. The molecule has 2 heterocycles. The fraction of sp³-hybridized carbons (Fsp3) is 0.0526. The quantitative estimate of drug-likeness (QED) is 0.225. The molecule has 0 N–H and O–H groups in total. The van der Waals surface area contributed by atoms with E-state index in [9.17, 15) is 0 Å². The van der Waals surface area contributed by atoms with Gasteiger partial charge < -0.3 is 4.57 Å². The van der Waals surface area contributed by atoms with Crippen molar-refractivity contribution in [2.45, 2.75) is 12.3 Å². The normalized spacial score (nSPS) is 15.5. The fourth-order valence-electron chi connectivity index (χ4n) is 7.09. The van der Waals surface area contributed by atoms with E-state index in [-0.39, 0.29) is 0 Å². The minimum Gasteiger partial charge on any atom is -0.312 e. The van der Waals surface area contributed by atoms with Gasteiger partial charge in [-0.2, -0.15) is 0 Å². The first kappa shape index (κ1) is 21.1. The summed E-state index contributed by atoms with van der Waals surface area (Å²) < 4.78 is 2.57. The van der Waals surface area contributed by atoms with Gasteiger partial charge >= 0.3 is 0 Å². The molecule has 7 aromatic rings. The van der Waals surface area contributed by atoms with Crippen molar-refractivity contribution in [3.05, 3.63) is 144 Å². The molecule has 0 fully saturated rings. The van der Waals surface area contributed by atoms with Gasteiger partial charge in [0, 0.05) is 22.4 Å². The zero-order valence-electron chi connectivity index (χ0n) is 21.4. The molecule has 0 amide bonds. The second kappa shape index (κ2) is 7.82. The Hall–Kier alpha value is -4.88. The molecule has 0 saturated carbocycles. The molecule has 1 aliphatic heterocycles. The van der Waals surface area contributed by atoms with E-state index in [0.29, 0.717) is 5.92 Å². The van der Waals surface area contributed by atoms with Crippen LogP contribution < -0.4 is 0 Å². The molecule has 1 aliphatic carbocycles. The Bertz CT molecular complexity index is 2140. The van der Waals surface area contributed by atoms with Crippen LogP contribution in [0, 0.1) is 0 Å². The highest BCUT2D eigenvalue weighted by Crippen LogP contribution is 2.52. The maximum absolute atomic E-state index is 2.57. The minimum absolute atomic E-state index is 0.358. The van der Waals surface area contributed by atoms with Crippen LogP contribution in [0.4, 0.5) is 0 Å². The Morgan fingerprint density at radius 1 is 0.564 bits per heavy atom. The van der Waals surface area contributed by atoms with Crippen molar-refractivity contribution in [3.8, 4) is 22.3 Å². The zero-order valence-corrected chi connectivity index (χ0v) is 21.4. The van der Waals surface area contributed by atoms with Crippen LogP contribution in [-0.4, -0.2) is 4.57 Å². The minimum atomic E-state index is 0.358. The van der Waals surface area contributed by atoms with Crippen LogP contribution in [0.15, 0.2) is 127 Å². The number of allylic oxidation sites excluding steroid dienone is 1. The van der Waals surface area contributed by atoms with Crippen LogP contribution in [0.3, 0.4) is 0 Å². The standard InChI is InChI=1S/C38H25N/c1-2-10-24(11-3-1)30-16-8-9-17-31(30)29-20-34-32-18-25-12-4-6-14-27(25)22-36(32)39-37-23-28-15-7-5-13-26(28)19-33(37)35(21-29)38(34)39/h1-18,20-23,33H,19H2. The van der Waals surface area contributed by atoms with Crippen LogP contribution in [0.1, 0.15) is 22.6 Å². The first-order valence-corrected chi connectivity index (χ1v) is 13.8. The average Bonchev–Trinajstić information content (AvgIpc) is 3.49. The maximum Gasteiger partial charge on any atom is 0.0577 e. The number of fused-ring (bicyclic) bond motifs is 8. The van der Waals surface area contributed by atoms with Crippen molar-refractivity contribution in [2.24, 2.45) is 0 Å². The first-order chi connectivity index (χ1) is 19.3. The molecule has 0 radical (unpaired) electrons. The molecule has 182 valence electrons. The summed E-state index contributed by atoms with van der Waals surface area (Å²) in [5.41, 5.74) is 13.5. The Kier molecular flexibility index (Phi) is 4.23. The van der Waals surface area contributed by atoms with E-state index >= 15 is 0 Å². The number of aromatic nitrogens is 1. The molecule has 1 nitrogen and oxygen atoms in total. The summed E-state index contributed by atoms with van der Waals surface area (Å²) in [4.78, 5) is 0. The van der Waals surface area contributed by atoms with Gasteiger partial charge in [-0.1, -0.05) is 103 Å². The van der Waals surface area contributed by atoms with Crippen molar-refractivity contribution in [1.29, 1.82) is 0 Å². The smallest absolute Gasteiger partial charge is 0.0577 e. The Morgan fingerprint density at radius 2 is 1.26 bits per heavy atom. The summed E-state index contributed by atoms with van der Waals surface area (Å²) in [6, 6.07) is 47.0. The third-order valence-corrected chi connectivity index (χ3v) is 8.85. The lowest BCUT2D eigenvalue weighted by atomic mass is 9.82. The summed E-state index contributed by atoms with van der Waals surface area (Å²) in [7, 11) is 0. The first-order valence-electron chi connectivity index (χ1n) is 13.8. The van der Waals surface area contributed by atoms with Crippen LogP contribution in [-0.2, 0) is 6.42 Å². The molecule has 1 aromatic heterocycles. The molecule has 0 spiro atoms.